The van der Waals surface area contributed by atoms with Crippen molar-refractivity contribution in [2.45, 2.75) is 0 Å². The molecule has 0 saturated carbocycles. The van der Waals surface area contributed by atoms with Gasteiger partial charge in [-0.25, -0.2) is 0 Å². The molecule has 0 aromatic heterocycles. The monoisotopic (exact) mass is 460 g/mol. The predicted octanol–water partition coefficient (Wildman–Crippen LogP) is -0.0175. The molecular weight excluding hydrogens is 459 g/mol. The smallest absolute Gasteiger partial charge is 0 e. The van der Waals surface area contributed by atoms with Gasteiger partial charge < -0.3 is 0 Å². The molecule has 0 rings (SSSR count). The van der Waals surface area contributed by atoms with E-state index >= 15 is 0 Å². The molecule has 0 saturated heterocycles. The molecular formula is CoFeMoNiTiVZr. The summed E-state index contributed by atoms with van der Waals surface area (Å²) in [6.07, 6.45) is 0. The van der Waals surface area contributed by atoms with Crippen molar-refractivity contribution in [1.29, 1.82) is 0 Å². The molecule has 0 aromatic rings. The maximum absolute atomic E-state index is 0. The Bertz CT molecular complexity index is 19.7. The second-order valence-electron chi connectivity index (χ2n) is 0. The number of hydrogen-bond acceptors (Lipinski definition) is 0. The Morgan fingerprint density at radius 1 is 1.00 bits per heavy atom. The topological polar surface area (TPSA) is 0 Å². The normalized spacial score (nSPS) is 0. The average Bonchev–Trinajstić information content (AvgIpc) is 0. The number of hydrogen-bond donors (Lipinski definition) is 0. The van der Waals surface area contributed by atoms with Gasteiger partial charge in [-0.1, -0.05) is 0 Å². The van der Waals surface area contributed by atoms with Gasteiger partial charge in [0.25, 0.3) is 0 Å². The molecule has 46 valence electrons. The van der Waals surface area contributed by atoms with Crippen molar-refractivity contribution in [3.63, 3.8) is 0 Å². The molecule has 0 unspecified atom stereocenters. The van der Waals surface area contributed by atoms with Crippen LogP contribution in [0.25, 0.3) is 0 Å². The molecule has 0 aliphatic heterocycles. The van der Waals surface area contributed by atoms with Gasteiger partial charge in [0.15, 0.2) is 0 Å². The summed E-state index contributed by atoms with van der Waals surface area (Å²) in [5.41, 5.74) is 0. The molecule has 0 atom stereocenters. The van der Waals surface area contributed by atoms with Crippen LogP contribution in [0.4, 0.5) is 0 Å². The van der Waals surface area contributed by atoms with E-state index in [9.17, 15) is 0 Å². The molecule has 0 bridgehead atoms. The standard InChI is InChI=1S/Co.Fe.Mo.Ni.Ti.V.Zr. The largest absolute Gasteiger partial charge is 0 e. The average molecular weight is 459 g/mol. The van der Waals surface area contributed by atoms with E-state index in [1.165, 1.54) is 0 Å². The van der Waals surface area contributed by atoms with E-state index in [0.717, 1.165) is 0 Å². The summed E-state index contributed by atoms with van der Waals surface area (Å²) in [6, 6.07) is 0. The van der Waals surface area contributed by atoms with Crippen LogP contribution < -0.4 is 0 Å². The Hall–Kier alpha value is 4.39. The summed E-state index contributed by atoms with van der Waals surface area (Å²) in [5.74, 6) is 0. The quantitative estimate of drug-likeness (QED) is 0.447. The van der Waals surface area contributed by atoms with E-state index in [1.54, 1.807) is 0 Å². The zero-order valence-electron chi connectivity index (χ0n) is 2.86. The van der Waals surface area contributed by atoms with Crippen LogP contribution in [0.2, 0.25) is 0 Å². The minimum atomic E-state index is 0. The first-order valence-corrected chi connectivity index (χ1v) is 0. The van der Waals surface area contributed by atoms with E-state index in [1.807, 2.05) is 0 Å². The van der Waals surface area contributed by atoms with E-state index in [0.29, 0.717) is 0 Å². The Kier molecular flexibility index (Phi) is 433. The van der Waals surface area contributed by atoms with Crippen molar-refractivity contribution in [3.05, 3.63) is 0 Å². The van der Waals surface area contributed by atoms with Crippen molar-refractivity contribution in [1.82, 2.24) is 0 Å². The zero-order valence-corrected chi connectivity index (χ0v) is 13.4. The van der Waals surface area contributed by atoms with Crippen molar-refractivity contribution in [2.24, 2.45) is 0 Å². The summed E-state index contributed by atoms with van der Waals surface area (Å²) in [7, 11) is 0. The Morgan fingerprint density at radius 2 is 1.00 bits per heavy atom. The summed E-state index contributed by atoms with van der Waals surface area (Å²) in [4.78, 5) is 0. The van der Waals surface area contributed by atoms with E-state index in [4.69, 9.17) is 0 Å². The van der Waals surface area contributed by atoms with Crippen LogP contribution in [0.1, 0.15) is 0 Å². The molecule has 0 aromatic carbocycles. The van der Waals surface area contributed by atoms with Gasteiger partial charge in [-0.2, -0.15) is 0 Å². The maximum Gasteiger partial charge on any atom is 0 e. The summed E-state index contributed by atoms with van der Waals surface area (Å²) >= 11 is 0. The minimum absolute atomic E-state index is 0. The van der Waals surface area contributed by atoms with Gasteiger partial charge in [0.2, 0.25) is 0 Å². The van der Waals surface area contributed by atoms with Crippen LogP contribution in [-0.4, -0.2) is 0 Å². The molecule has 0 fully saturated rings. The molecule has 0 amide bonds. The van der Waals surface area contributed by atoms with Gasteiger partial charge in [-0.3, -0.25) is 0 Å². The predicted molar refractivity (Wildman–Crippen MR) is 0 cm³/mol. The van der Waals surface area contributed by atoms with Crippen molar-refractivity contribution in [2.75, 3.05) is 0 Å². The van der Waals surface area contributed by atoms with Gasteiger partial charge in [0.05, 0.1) is 0 Å². The van der Waals surface area contributed by atoms with Gasteiger partial charge in [-0.15, -0.1) is 0 Å². The van der Waals surface area contributed by atoms with Crippen LogP contribution in [0.15, 0.2) is 0 Å². The van der Waals surface area contributed by atoms with Gasteiger partial charge >= 0.3 is 0 Å². The molecule has 0 aliphatic rings. The maximum atomic E-state index is 0. The summed E-state index contributed by atoms with van der Waals surface area (Å²) < 4.78 is 0. The van der Waals surface area contributed by atoms with Gasteiger partial charge in [0, 0.05) is 138 Å². The molecule has 2 radical (unpaired) electrons. The molecule has 0 spiro atoms. The fraction of sp³-hybridized carbons (Fsp3) is 0. The third-order valence-corrected chi connectivity index (χ3v) is 0. The van der Waals surface area contributed by atoms with E-state index in [-0.39, 0.29) is 138 Å². The number of rotatable bonds is 0. The second-order valence-corrected chi connectivity index (χ2v) is 0. The Labute approximate surface area is 135 Å². The first-order chi connectivity index (χ1) is 0. The SMILES string of the molecule is [Co].[Fe].[Mo].[Ni].[Ti].[V].[Zr]. The van der Waals surface area contributed by atoms with Crippen LogP contribution in [0, 0.1) is 0 Å². The van der Waals surface area contributed by atoms with Crippen molar-refractivity contribution < 1.29 is 138 Å². The first-order valence-electron chi connectivity index (χ1n) is 0. The minimum Gasteiger partial charge on any atom is 0 e. The van der Waals surface area contributed by atoms with Crippen molar-refractivity contribution in [3.8, 4) is 0 Å². The van der Waals surface area contributed by atoms with Crippen LogP contribution in [0.5, 0.6) is 0 Å². The molecule has 0 N–H and O–H groups in total. The molecule has 0 nitrogen and oxygen atoms in total. The van der Waals surface area contributed by atoms with Crippen LogP contribution in [0.3, 0.4) is 0 Å². The van der Waals surface area contributed by atoms with Gasteiger partial charge in [-0.05, 0) is 0 Å². The Balaban J connectivity index is 0. The molecule has 7 heteroatoms. The van der Waals surface area contributed by atoms with Crippen LogP contribution >= 0.6 is 0 Å². The van der Waals surface area contributed by atoms with Crippen LogP contribution in [-0.2, 0) is 138 Å². The van der Waals surface area contributed by atoms with E-state index in [2.05, 4.69) is 0 Å². The van der Waals surface area contributed by atoms with Crippen molar-refractivity contribution >= 4 is 0 Å². The zero-order chi connectivity index (χ0) is 0. The fourth-order valence-electron chi connectivity index (χ4n) is 0. The molecule has 0 aliphatic carbocycles. The molecule has 7 heavy (non-hydrogen) atoms. The summed E-state index contributed by atoms with van der Waals surface area (Å²) in [6.45, 7) is 0. The third kappa shape index (κ3) is 38.0. The Morgan fingerprint density at radius 3 is 1.00 bits per heavy atom. The van der Waals surface area contributed by atoms with E-state index < -0.39 is 0 Å². The first kappa shape index (κ1) is 63.8. The molecule has 0 heterocycles. The third-order valence-electron chi connectivity index (χ3n) is 0. The van der Waals surface area contributed by atoms with Gasteiger partial charge in [0.1, 0.15) is 0 Å². The fourth-order valence-corrected chi connectivity index (χ4v) is 0. The summed E-state index contributed by atoms with van der Waals surface area (Å²) in [5, 5.41) is 0. The second kappa shape index (κ2) is 47.5.